The van der Waals surface area contributed by atoms with Gasteiger partial charge in [0.1, 0.15) is 12.4 Å². The largest absolute Gasteiger partial charge is 0.435 e. The molecule has 0 atom stereocenters. The fraction of sp³-hybridized carbons (Fsp3) is 0.190. The maximum absolute atomic E-state index is 13.9. The number of aromatic nitrogens is 2. The number of alkyl halides is 3. The van der Waals surface area contributed by atoms with Crippen molar-refractivity contribution in [3.8, 4) is 11.3 Å². The maximum Gasteiger partial charge on any atom is 0.435 e. The Kier molecular flexibility index (Phi) is 6.87. The highest BCUT2D eigenvalue weighted by atomic mass is 35.5. The Morgan fingerprint density at radius 2 is 1.84 bits per heavy atom. The van der Waals surface area contributed by atoms with Gasteiger partial charge in [-0.2, -0.15) is 13.2 Å². The predicted molar refractivity (Wildman–Crippen MR) is 107 cm³/mol. The number of pyridine rings is 2. The second-order valence-corrected chi connectivity index (χ2v) is 6.93. The van der Waals surface area contributed by atoms with E-state index in [2.05, 4.69) is 9.97 Å². The van der Waals surface area contributed by atoms with Gasteiger partial charge in [-0.1, -0.05) is 23.7 Å². The first-order valence-corrected chi connectivity index (χ1v) is 9.29. The molecule has 3 aromatic rings. The van der Waals surface area contributed by atoms with Gasteiger partial charge in [-0.15, -0.1) is 0 Å². The van der Waals surface area contributed by atoms with Crippen molar-refractivity contribution in [2.24, 2.45) is 0 Å². The van der Waals surface area contributed by atoms with Gasteiger partial charge in [0.25, 0.3) is 5.91 Å². The van der Waals surface area contributed by atoms with Gasteiger partial charge in [0.05, 0.1) is 24.1 Å². The van der Waals surface area contributed by atoms with E-state index >= 15 is 0 Å². The summed E-state index contributed by atoms with van der Waals surface area (Å²) in [6.45, 7) is -0.592. The van der Waals surface area contributed by atoms with E-state index in [1.54, 1.807) is 24.3 Å². The fourth-order valence-electron chi connectivity index (χ4n) is 2.87. The Hall–Kier alpha value is -3.04. The third kappa shape index (κ3) is 5.56. The Bertz CT molecular complexity index is 1070. The molecule has 2 aromatic heterocycles. The Morgan fingerprint density at radius 1 is 1.13 bits per heavy atom. The number of halogens is 5. The number of anilines is 1. The van der Waals surface area contributed by atoms with Crippen molar-refractivity contribution < 1.29 is 27.1 Å². The molecule has 0 saturated heterocycles. The van der Waals surface area contributed by atoms with E-state index in [1.165, 1.54) is 19.4 Å². The highest BCUT2D eigenvalue weighted by Crippen LogP contribution is 2.37. The van der Waals surface area contributed by atoms with Crippen molar-refractivity contribution in [1.82, 2.24) is 9.97 Å². The van der Waals surface area contributed by atoms with E-state index in [0.29, 0.717) is 10.6 Å². The lowest BCUT2D eigenvalue weighted by atomic mass is 10.1. The molecule has 10 heteroatoms. The summed E-state index contributed by atoms with van der Waals surface area (Å²) in [4.78, 5) is 20.9. The van der Waals surface area contributed by atoms with Crippen LogP contribution in [0.25, 0.3) is 11.3 Å². The first-order chi connectivity index (χ1) is 14.7. The zero-order chi connectivity index (χ0) is 22.6. The number of hydrogen-bond donors (Lipinski definition) is 0. The summed E-state index contributed by atoms with van der Waals surface area (Å²) in [6, 6.07) is 9.76. The molecule has 0 saturated carbocycles. The highest BCUT2D eigenvalue weighted by Gasteiger charge is 2.38. The SMILES string of the molecule is COCC(=O)N(Cc1ccc(Cl)cc1)c1ccc(-c2cncc(F)c2)nc1C(F)(F)F. The van der Waals surface area contributed by atoms with Gasteiger partial charge in [0.15, 0.2) is 5.69 Å². The Labute approximate surface area is 180 Å². The van der Waals surface area contributed by atoms with Crippen LogP contribution in [0.5, 0.6) is 0 Å². The van der Waals surface area contributed by atoms with Crippen LogP contribution >= 0.6 is 11.6 Å². The van der Waals surface area contributed by atoms with E-state index in [1.807, 2.05) is 0 Å². The molecule has 0 spiro atoms. The molecule has 3 rings (SSSR count). The third-order valence-electron chi connectivity index (χ3n) is 4.26. The molecule has 0 aliphatic rings. The number of amides is 1. The number of nitrogens with zero attached hydrogens (tertiary/aromatic N) is 3. The molecule has 5 nitrogen and oxygen atoms in total. The van der Waals surface area contributed by atoms with Crippen molar-refractivity contribution in [3.63, 3.8) is 0 Å². The molecule has 0 unspecified atom stereocenters. The van der Waals surface area contributed by atoms with Crippen molar-refractivity contribution >= 4 is 23.2 Å². The van der Waals surface area contributed by atoms with Crippen LogP contribution in [0.3, 0.4) is 0 Å². The van der Waals surface area contributed by atoms with Crippen LogP contribution in [0.4, 0.5) is 23.2 Å². The number of rotatable bonds is 6. The quantitative estimate of drug-likeness (QED) is 0.485. The Morgan fingerprint density at radius 3 is 2.45 bits per heavy atom. The van der Waals surface area contributed by atoms with Gasteiger partial charge in [-0.05, 0) is 35.9 Å². The molecule has 0 aliphatic carbocycles. The average molecular weight is 454 g/mol. The van der Waals surface area contributed by atoms with Crippen LogP contribution in [0.1, 0.15) is 11.3 Å². The van der Waals surface area contributed by atoms with E-state index < -0.39 is 35.9 Å². The predicted octanol–water partition coefficient (Wildman–Crippen LogP) is 5.13. The Balaban J connectivity index is 2.10. The van der Waals surface area contributed by atoms with Crippen LogP contribution in [-0.2, 0) is 22.3 Å². The molecule has 2 heterocycles. The van der Waals surface area contributed by atoms with Gasteiger partial charge in [-0.3, -0.25) is 9.78 Å². The molecule has 0 radical (unpaired) electrons. The van der Waals surface area contributed by atoms with Crippen LogP contribution in [-0.4, -0.2) is 29.6 Å². The van der Waals surface area contributed by atoms with Gasteiger partial charge in [0, 0.05) is 23.9 Å². The lowest BCUT2D eigenvalue weighted by Gasteiger charge is -2.26. The first-order valence-electron chi connectivity index (χ1n) is 8.92. The number of benzene rings is 1. The lowest BCUT2D eigenvalue weighted by Crippen LogP contribution is -2.35. The minimum Gasteiger partial charge on any atom is -0.375 e. The normalized spacial score (nSPS) is 11.4. The van der Waals surface area contributed by atoms with Crippen molar-refractivity contribution in [2.75, 3.05) is 18.6 Å². The minimum absolute atomic E-state index is 0.0736. The summed E-state index contributed by atoms with van der Waals surface area (Å²) < 4.78 is 60.0. The fourth-order valence-corrected chi connectivity index (χ4v) is 3.00. The van der Waals surface area contributed by atoms with Gasteiger partial charge < -0.3 is 9.64 Å². The van der Waals surface area contributed by atoms with E-state index in [4.69, 9.17) is 16.3 Å². The summed E-state index contributed by atoms with van der Waals surface area (Å²) in [5.41, 5.74) is -1.23. The van der Waals surface area contributed by atoms with E-state index in [9.17, 15) is 22.4 Å². The number of carbonyl (C=O) groups is 1. The molecule has 0 fully saturated rings. The smallest absolute Gasteiger partial charge is 0.375 e. The van der Waals surface area contributed by atoms with Gasteiger partial charge in [0.2, 0.25) is 0 Å². The molecular formula is C21H16ClF4N3O2. The summed E-state index contributed by atoms with van der Waals surface area (Å²) in [5.74, 6) is -1.40. The molecule has 0 aliphatic heterocycles. The third-order valence-corrected chi connectivity index (χ3v) is 4.51. The molecule has 1 amide bonds. The van der Waals surface area contributed by atoms with Gasteiger partial charge in [-0.25, -0.2) is 9.37 Å². The molecule has 0 N–H and O–H groups in total. The summed E-state index contributed by atoms with van der Waals surface area (Å²) in [7, 11) is 1.27. The van der Waals surface area contributed by atoms with Crippen LogP contribution in [0.15, 0.2) is 54.9 Å². The minimum atomic E-state index is -4.88. The molecule has 162 valence electrons. The van der Waals surface area contributed by atoms with E-state index in [0.717, 1.165) is 23.2 Å². The summed E-state index contributed by atoms with van der Waals surface area (Å²) in [5, 5.41) is 0.448. The summed E-state index contributed by atoms with van der Waals surface area (Å²) >= 11 is 5.86. The zero-order valence-corrected chi connectivity index (χ0v) is 16.9. The number of hydrogen-bond acceptors (Lipinski definition) is 4. The standard InChI is InChI=1S/C21H16ClF4N3O2/c1-31-12-19(30)29(11-13-2-4-15(22)5-3-13)18-7-6-17(28-20(18)21(24,25)26)14-8-16(23)10-27-9-14/h2-10H,11-12H2,1H3. The van der Waals surface area contributed by atoms with Gasteiger partial charge >= 0.3 is 6.18 Å². The van der Waals surface area contributed by atoms with Crippen molar-refractivity contribution in [3.05, 3.63) is 77.0 Å². The highest BCUT2D eigenvalue weighted by molar-refractivity contribution is 6.30. The number of carbonyl (C=O) groups excluding carboxylic acids is 1. The van der Waals surface area contributed by atoms with Crippen LogP contribution < -0.4 is 4.90 Å². The average Bonchev–Trinajstić information content (AvgIpc) is 2.72. The molecule has 1 aromatic carbocycles. The topological polar surface area (TPSA) is 55.3 Å². The number of ether oxygens (including phenoxy) is 1. The molecule has 0 bridgehead atoms. The second-order valence-electron chi connectivity index (χ2n) is 6.49. The monoisotopic (exact) mass is 453 g/mol. The maximum atomic E-state index is 13.9. The van der Waals surface area contributed by atoms with Crippen molar-refractivity contribution in [1.29, 1.82) is 0 Å². The molecular weight excluding hydrogens is 438 g/mol. The first kappa shape index (κ1) is 22.6. The van der Waals surface area contributed by atoms with Crippen LogP contribution in [0.2, 0.25) is 5.02 Å². The van der Waals surface area contributed by atoms with E-state index in [-0.39, 0.29) is 17.8 Å². The lowest BCUT2D eigenvalue weighted by molar-refractivity contribution is -0.140. The summed E-state index contributed by atoms with van der Waals surface area (Å²) in [6.07, 6.45) is -2.75. The zero-order valence-electron chi connectivity index (χ0n) is 16.2. The van der Waals surface area contributed by atoms with Crippen LogP contribution in [0, 0.1) is 5.82 Å². The molecule has 31 heavy (non-hydrogen) atoms. The van der Waals surface area contributed by atoms with Crippen molar-refractivity contribution in [2.45, 2.75) is 12.7 Å². The number of methoxy groups -OCH3 is 1. The second kappa shape index (κ2) is 9.40.